The van der Waals surface area contributed by atoms with E-state index in [4.69, 9.17) is 23.3 Å². The van der Waals surface area contributed by atoms with Crippen LogP contribution in [0.4, 0.5) is 0 Å². The highest BCUT2D eigenvalue weighted by molar-refractivity contribution is 7.47. The van der Waals surface area contributed by atoms with Crippen molar-refractivity contribution in [3.05, 3.63) is 122 Å². The predicted octanol–water partition coefficient (Wildman–Crippen LogP) is 17.6. The summed E-state index contributed by atoms with van der Waals surface area (Å²) in [6.45, 7) is 4.29. The van der Waals surface area contributed by atoms with E-state index in [0.29, 0.717) is 25.7 Å². The normalized spacial score (nSPS) is 14.2. The predicted molar refractivity (Wildman–Crippen MR) is 316 cm³/mol. The Kier molecular flexibility index (Phi) is 54.0. The lowest BCUT2D eigenvalue weighted by molar-refractivity contribution is -0.161. The van der Waals surface area contributed by atoms with Crippen molar-refractivity contribution >= 4 is 25.7 Å². The van der Waals surface area contributed by atoms with E-state index in [1.54, 1.807) is 0 Å². The van der Waals surface area contributed by atoms with E-state index < -0.39 is 57.8 Å². The Morgan fingerprint density at radius 1 is 0.382 bits per heavy atom. The summed E-state index contributed by atoms with van der Waals surface area (Å²) in [7, 11) is -4.78. The summed E-state index contributed by atoms with van der Waals surface area (Å²) in [4.78, 5) is 48.6. The highest BCUT2D eigenvalue weighted by Gasteiger charge is 2.28. The SMILES string of the molecule is CC/C=C\C/C=C\C/C=C\C/C=C\C/C=C\CCCC(=O)OCC(COP(=O)(O)OCC(CO)OC(=O)CCCCCCC/C=C\C/C=C\C/C=C\CC)OC(=O)CCCCCCCCC/C=C\C/C=C\CCCCC. The number of allylic oxidation sites excluding steroid dienone is 20. The zero-order valence-electron chi connectivity index (χ0n) is 47.7. The van der Waals surface area contributed by atoms with E-state index >= 15 is 0 Å². The summed E-state index contributed by atoms with van der Waals surface area (Å²) in [5.41, 5.74) is 0. The minimum atomic E-state index is -4.78. The average molecular weight is 1080 g/mol. The van der Waals surface area contributed by atoms with Crippen LogP contribution in [0.25, 0.3) is 0 Å². The summed E-state index contributed by atoms with van der Waals surface area (Å²) in [6.07, 6.45) is 70.1. The maximum Gasteiger partial charge on any atom is 0.472 e. The topological polar surface area (TPSA) is 155 Å². The minimum absolute atomic E-state index is 0.139. The molecule has 0 aliphatic carbocycles. The molecule has 0 spiro atoms. The molecular formula is C64H105O11P. The van der Waals surface area contributed by atoms with Crippen LogP contribution in [-0.2, 0) is 42.2 Å². The number of phosphoric ester groups is 1. The van der Waals surface area contributed by atoms with Crippen molar-refractivity contribution in [1.82, 2.24) is 0 Å². The first-order valence-electron chi connectivity index (χ1n) is 29.4. The van der Waals surface area contributed by atoms with E-state index in [9.17, 15) is 28.9 Å². The Morgan fingerprint density at radius 2 is 0.697 bits per heavy atom. The molecule has 0 saturated carbocycles. The van der Waals surface area contributed by atoms with Crippen molar-refractivity contribution in [2.24, 2.45) is 0 Å². The second kappa shape index (κ2) is 57.1. The monoisotopic (exact) mass is 1080 g/mol. The van der Waals surface area contributed by atoms with Crippen molar-refractivity contribution in [3.63, 3.8) is 0 Å². The van der Waals surface area contributed by atoms with Crippen LogP contribution < -0.4 is 0 Å². The number of carbonyl (C=O) groups excluding carboxylic acids is 3. The van der Waals surface area contributed by atoms with Crippen molar-refractivity contribution < 1.29 is 52.2 Å². The number of esters is 3. The number of hydrogen-bond acceptors (Lipinski definition) is 10. The second-order valence-electron chi connectivity index (χ2n) is 19.0. The molecule has 0 amide bonds. The molecule has 0 aromatic heterocycles. The highest BCUT2D eigenvalue weighted by atomic mass is 31.2. The van der Waals surface area contributed by atoms with Crippen molar-refractivity contribution in [2.45, 2.75) is 238 Å². The molecule has 0 radical (unpaired) electrons. The molecule has 0 rings (SSSR count). The van der Waals surface area contributed by atoms with E-state index in [-0.39, 0.29) is 25.9 Å². The summed E-state index contributed by atoms with van der Waals surface area (Å²) in [5.74, 6) is -1.57. The van der Waals surface area contributed by atoms with Crippen LogP contribution in [0.1, 0.15) is 226 Å². The van der Waals surface area contributed by atoms with Gasteiger partial charge in [0.25, 0.3) is 0 Å². The molecule has 432 valence electrons. The number of hydrogen-bond donors (Lipinski definition) is 2. The van der Waals surface area contributed by atoms with Gasteiger partial charge in [0, 0.05) is 19.3 Å². The van der Waals surface area contributed by atoms with Crippen LogP contribution in [0.2, 0.25) is 0 Å². The first kappa shape index (κ1) is 71.9. The lowest BCUT2D eigenvalue weighted by atomic mass is 10.1. The van der Waals surface area contributed by atoms with Gasteiger partial charge in [0.05, 0.1) is 19.8 Å². The van der Waals surface area contributed by atoms with Gasteiger partial charge >= 0.3 is 25.7 Å². The first-order valence-corrected chi connectivity index (χ1v) is 30.9. The molecule has 12 heteroatoms. The Morgan fingerprint density at radius 3 is 1.09 bits per heavy atom. The van der Waals surface area contributed by atoms with Gasteiger partial charge in [-0.1, -0.05) is 206 Å². The smallest absolute Gasteiger partial charge is 0.462 e. The highest BCUT2D eigenvalue weighted by Crippen LogP contribution is 2.43. The molecule has 0 bridgehead atoms. The van der Waals surface area contributed by atoms with Crippen molar-refractivity contribution in [2.75, 3.05) is 26.4 Å². The third-order valence-electron chi connectivity index (χ3n) is 11.8. The minimum Gasteiger partial charge on any atom is -0.462 e. The number of aliphatic hydroxyl groups excluding tert-OH is 1. The first-order chi connectivity index (χ1) is 37.2. The molecule has 0 aromatic carbocycles. The Balaban J connectivity index is 4.84. The zero-order chi connectivity index (χ0) is 55.5. The maximum absolute atomic E-state index is 12.9. The number of rotatable bonds is 53. The Labute approximate surface area is 462 Å². The molecular weight excluding hydrogens is 976 g/mol. The van der Waals surface area contributed by atoms with Crippen molar-refractivity contribution in [3.8, 4) is 0 Å². The second-order valence-corrected chi connectivity index (χ2v) is 20.5. The molecule has 11 nitrogen and oxygen atoms in total. The molecule has 2 N–H and O–H groups in total. The van der Waals surface area contributed by atoms with Crippen LogP contribution in [-0.4, -0.2) is 66.5 Å². The van der Waals surface area contributed by atoms with Crippen LogP contribution in [0.15, 0.2) is 122 Å². The molecule has 0 aliphatic heterocycles. The van der Waals surface area contributed by atoms with Gasteiger partial charge in [-0.2, -0.15) is 0 Å². The molecule has 3 atom stereocenters. The molecule has 0 aromatic rings. The van der Waals surface area contributed by atoms with E-state index in [2.05, 4.69) is 136 Å². The van der Waals surface area contributed by atoms with Gasteiger partial charge in [-0.15, -0.1) is 0 Å². The third-order valence-corrected chi connectivity index (χ3v) is 12.8. The molecule has 3 unspecified atom stereocenters. The van der Waals surface area contributed by atoms with Crippen molar-refractivity contribution in [1.29, 1.82) is 0 Å². The fourth-order valence-corrected chi connectivity index (χ4v) is 8.22. The molecule has 0 heterocycles. The average Bonchev–Trinajstić information content (AvgIpc) is 3.41. The fourth-order valence-electron chi connectivity index (χ4n) is 7.44. The van der Waals surface area contributed by atoms with Gasteiger partial charge in [-0.25, -0.2) is 4.57 Å². The molecule has 0 fully saturated rings. The third kappa shape index (κ3) is 54.7. The van der Waals surface area contributed by atoms with Gasteiger partial charge < -0.3 is 24.2 Å². The molecule has 76 heavy (non-hydrogen) atoms. The van der Waals surface area contributed by atoms with Crippen LogP contribution in [0.3, 0.4) is 0 Å². The summed E-state index contributed by atoms with van der Waals surface area (Å²) >= 11 is 0. The summed E-state index contributed by atoms with van der Waals surface area (Å²) in [6, 6.07) is 0. The fraction of sp³-hybridized carbons (Fsp3) is 0.641. The van der Waals surface area contributed by atoms with Gasteiger partial charge in [-0.3, -0.25) is 23.4 Å². The summed E-state index contributed by atoms with van der Waals surface area (Å²) < 4.78 is 39.5. The number of carbonyl (C=O) groups is 3. The van der Waals surface area contributed by atoms with Crippen LogP contribution in [0, 0.1) is 0 Å². The van der Waals surface area contributed by atoms with Gasteiger partial charge in [0.15, 0.2) is 6.10 Å². The van der Waals surface area contributed by atoms with Gasteiger partial charge in [0.1, 0.15) is 12.7 Å². The van der Waals surface area contributed by atoms with Gasteiger partial charge in [-0.05, 0) is 122 Å². The number of aliphatic hydroxyl groups is 1. The number of phosphoric acid groups is 1. The van der Waals surface area contributed by atoms with Crippen LogP contribution in [0.5, 0.6) is 0 Å². The largest absolute Gasteiger partial charge is 0.472 e. The number of ether oxygens (including phenoxy) is 3. The summed E-state index contributed by atoms with van der Waals surface area (Å²) in [5, 5.41) is 9.82. The standard InChI is InChI=1S/C64H105O11P/c1-4-7-10-13-16-19-22-25-28-30-33-35-38-41-44-47-50-53-62(66)71-57-61(75-64(68)55-52-49-46-43-40-37-34-31-29-26-23-20-17-14-11-8-5-2)59-73-76(69,70)72-58-60(56-65)74-63(67)54-51-48-45-42-39-36-32-27-24-21-18-15-12-9-6-3/h7,9-10,12,16-21,25-29,32-33,35,41,44,60-61,65H,4-6,8,11,13-15,22-24,30-31,34,36-40,42-43,45-59H2,1-3H3,(H,69,70)/b10-7-,12-9-,19-16-,20-17-,21-18-,28-25-,29-26-,32-27-,35-33-,44-41-. The Bertz CT molecular complexity index is 1740. The molecule has 0 saturated heterocycles. The van der Waals surface area contributed by atoms with Gasteiger partial charge in [0.2, 0.25) is 0 Å². The maximum atomic E-state index is 12.9. The zero-order valence-corrected chi connectivity index (χ0v) is 48.6. The van der Waals surface area contributed by atoms with Crippen LogP contribution >= 0.6 is 7.82 Å². The van der Waals surface area contributed by atoms with E-state index in [0.717, 1.165) is 122 Å². The number of unbranched alkanes of at least 4 members (excludes halogenated alkanes) is 16. The van der Waals surface area contributed by atoms with E-state index in [1.807, 2.05) is 6.08 Å². The van der Waals surface area contributed by atoms with E-state index in [1.165, 1.54) is 38.5 Å². The Hall–Kier alpha value is -4.12. The molecule has 0 aliphatic rings. The lowest BCUT2D eigenvalue weighted by Crippen LogP contribution is -2.30. The quantitative estimate of drug-likeness (QED) is 0.0197. The lowest BCUT2D eigenvalue weighted by Gasteiger charge is -2.21.